The number of hydrogen-bond donors (Lipinski definition) is 2. The molecule has 2 aliphatic rings. The van der Waals surface area contributed by atoms with E-state index in [0.29, 0.717) is 0 Å². The zero-order chi connectivity index (χ0) is 15.0. The molecule has 114 valence electrons. The molecule has 1 aromatic carbocycles. The number of benzene rings is 1. The summed E-state index contributed by atoms with van der Waals surface area (Å²) in [6, 6.07) is 3.64. The molecule has 2 N–H and O–H groups in total. The molecule has 0 spiro atoms. The highest BCUT2D eigenvalue weighted by Crippen LogP contribution is 2.40. The van der Waals surface area contributed by atoms with E-state index >= 15 is 0 Å². The number of nitrogens with one attached hydrogen (secondary N) is 2. The molecule has 3 rings (SSSR count). The van der Waals surface area contributed by atoms with E-state index in [9.17, 15) is 4.79 Å². The van der Waals surface area contributed by atoms with Gasteiger partial charge in [0.05, 0.1) is 10.6 Å². The highest BCUT2D eigenvalue weighted by molar-refractivity contribution is 9.10. The van der Waals surface area contributed by atoms with Gasteiger partial charge < -0.3 is 15.4 Å². The highest BCUT2D eigenvalue weighted by atomic mass is 79.9. The molecule has 1 unspecified atom stereocenters. The number of likely N-dealkylation sites (N-methyl/N-ethyl adjacent to an activating group) is 1. The number of carbonyl (C=O) groups excluding carboxylic acids is 1. The zero-order valence-corrected chi connectivity index (χ0v) is 14.0. The summed E-state index contributed by atoms with van der Waals surface area (Å²) < 4.78 is 7.06. The van der Waals surface area contributed by atoms with Crippen molar-refractivity contribution in [3.05, 3.63) is 22.2 Å². The van der Waals surface area contributed by atoms with E-state index in [1.165, 1.54) is 12.8 Å². The molecule has 1 heterocycles. The van der Waals surface area contributed by atoms with Crippen molar-refractivity contribution >= 4 is 27.5 Å². The Morgan fingerprint density at radius 1 is 1.29 bits per heavy atom. The monoisotopic (exact) mass is 352 g/mol. The Bertz CT molecular complexity index is 553. The minimum absolute atomic E-state index is 0.0111. The van der Waals surface area contributed by atoms with Gasteiger partial charge in [-0.3, -0.25) is 4.79 Å². The molecule has 1 aliphatic heterocycles. The van der Waals surface area contributed by atoms with Gasteiger partial charge in [-0.1, -0.05) is 6.92 Å². The third-order valence-corrected chi connectivity index (χ3v) is 5.10. The van der Waals surface area contributed by atoms with E-state index in [1.54, 1.807) is 7.05 Å². The van der Waals surface area contributed by atoms with E-state index in [1.807, 2.05) is 12.1 Å². The number of carbonyl (C=O) groups is 1. The van der Waals surface area contributed by atoms with Gasteiger partial charge in [-0.05, 0) is 60.6 Å². The van der Waals surface area contributed by atoms with Crippen LogP contribution in [0.15, 0.2) is 16.6 Å². The lowest BCUT2D eigenvalue weighted by molar-refractivity contribution is -0.117. The largest absolute Gasteiger partial charge is 0.489 e. The van der Waals surface area contributed by atoms with Gasteiger partial charge in [0.2, 0.25) is 5.91 Å². The van der Waals surface area contributed by atoms with E-state index < -0.39 is 0 Å². The van der Waals surface area contributed by atoms with E-state index in [0.717, 1.165) is 40.2 Å². The van der Waals surface area contributed by atoms with Gasteiger partial charge in [-0.25, -0.2) is 0 Å². The van der Waals surface area contributed by atoms with Crippen molar-refractivity contribution in [2.45, 2.75) is 44.8 Å². The Balaban J connectivity index is 1.79. The summed E-state index contributed by atoms with van der Waals surface area (Å²) in [5.74, 6) is 1.62. The number of anilines is 1. The fraction of sp³-hybridized carbons (Fsp3) is 0.562. The van der Waals surface area contributed by atoms with Crippen LogP contribution in [0, 0.1) is 5.92 Å². The lowest BCUT2D eigenvalue weighted by atomic mass is 9.89. The molecule has 1 aromatic rings. The van der Waals surface area contributed by atoms with Crippen LogP contribution in [0.25, 0.3) is 0 Å². The normalized spacial score (nSPS) is 28.1. The van der Waals surface area contributed by atoms with Crippen LogP contribution in [0.5, 0.6) is 5.75 Å². The van der Waals surface area contributed by atoms with Gasteiger partial charge in [-0.2, -0.15) is 0 Å². The molecule has 1 saturated carbocycles. The van der Waals surface area contributed by atoms with Crippen molar-refractivity contribution < 1.29 is 9.53 Å². The first kappa shape index (κ1) is 14.9. The second-order valence-electron chi connectivity index (χ2n) is 6.08. The van der Waals surface area contributed by atoms with Gasteiger partial charge in [0.1, 0.15) is 11.8 Å². The van der Waals surface area contributed by atoms with Gasteiger partial charge in [-0.15, -0.1) is 0 Å². The molecule has 0 radical (unpaired) electrons. The number of rotatable bonds is 3. The molecule has 1 atom stereocenters. The molecule has 5 heteroatoms. The molecule has 0 saturated heterocycles. The van der Waals surface area contributed by atoms with Crippen molar-refractivity contribution in [3.8, 4) is 5.75 Å². The standard InChI is InChI=1S/C16H21BrN2O2/c1-9-3-5-10(6-4-9)21-14-8-13-11(7-12(14)17)15(18-2)16(20)19-13/h7-10,15,18H,3-6H2,1-2H3,(H,19,20). The molecule has 1 amide bonds. The van der Waals surface area contributed by atoms with Gasteiger partial charge >= 0.3 is 0 Å². The van der Waals surface area contributed by atoms with Gasteiger partial charge in [0.15, 0.2) is 0 Å². The Labute approximate surface area is 133 Å². The zero-order valence-electron chi connectivity index (χ0n) is 12.4. The van der Waals surface area contributed by atoms with Crippen molar-refractivity contribution in [3.63, 3.8) is 0 Å². The smallest absolute Gasteiger partial charge is 0.246 e. The summed E-state index contributed by atoms with van der Waals surface area (Å²) in [7, 11) is 1.79. The van der Waals surface area contributed by atoms with Crippen molar-refractivity contribution in [2.24, 2.45) is 5.92 Å². The molecular formula is C16H21BrN2O2. The molecule has 1 aliphatic carbocycles. The average molecular weight is 353 g/mol. The minimum Gasteiger partial charge on any atom is -0.489 e. The van der Waals surface area contributed by atoms with E-state index in [-0.39, 0.29) is 18.1 Å². The van der Waals surface area contributed by atoms with Crippen molar-refractivity contribution in [1.29, 1.82) is 0 Å². The Kier molecular flexibility index (Phi) is 4.22. The van der Waals surface area contributed by atoms with Crippen LogP contribution < -0.4 is 15.4 Å². The fourth-order valence-corrected chi connectivity index (χ4v) is 3.62. The fourth-order valence-electron chi connectivity index (χ4n) is 3.17. The van der Waals surface area contributed by atoms with E-state index in [4.69, 9.17) is 4.74 Å². The SMILES string of the molecule is CNC1C(=O)Nc2cc(OC3CCC(C)CC3)c(Br)cc21. The summed E-state index contributed by atoms with van der Waals surface area (Å²) in [6.45, 7) is 2.30. The summed E-state index contributed by atoms with van der Waals surface area (Å²) in [6.07, 6.45) is 4.96. The Morgan fingerprint density at radius 2 is 2.00 bits per heavy atom. The minimum atomic E-state index is -0.277. The van der Waals surface area contributed by atoms with Crippen molar-refractivity contribution in [1.82, 2.24) is 5.32 Å². The first-order valence-electron chi connectivity index (χ1n) is 7.56. The van der Waals surface area contributed by atoms with Crippen molar-refractivity contribution in [2.75, 3.05) is 12.4 Å². The lowest BCUT2D eigenvalue weighted by Gasteiger charge is -2.27. The lowest BCUT2D eigenvalue weighted by Crippen LogP contribution is -2.23. The quantitative estimate of drug-likeness (QED) is 0.873. The van der Waals surface area contributed by atoms with Crippen LogP contribution >= 0.6 is 15.9 Å². The summed E-state index contributed by atoms with van der Waals surface area (Å²) >= 11 is 3.57. The van der Waals surface area contributed by atoms with Crippen LogP contribution in [0.1, 0.15) is 44.2 Å². The third-order valence-electron chi connectivity index (χ3n) is 4.48. The number of hydrogen-bond acceptors (Lipinski definition) is 3. The summed E-state index contributed by atoms with van der Waals surface area (Å²) in [5.41, 5.74) is 1.82. The summed E-state index contributed by atoms with van der Waals surface area (Å²) in [4.78, 5) is 11.9. The first-order valence-corrected chi connectivity index (χ1v) is 8.36. The van der Waals surface area contributed by atoms with Crippen LogP contribution in [0.2, 0.25) is 0 Å². The number of fused-ring (bicyclic) bond motifs is 1. The second-order valence-corrected chi connectivity index (χ2v) is 6.93. The van der Waals surface area contributed by atoms with Crippen LogP contribution in [0.3, 0.4) is 0 Å². The van der Waals surface area contributed by atoms with Gasteiger partial charge in [0, 0.05) is 17.3 Å². The highest BCUT2D eigenvalue weighted by Gasteiger charge is 2.31. The molecular weight excluding hydrogens is 332 g/mol. The first-order chi connectivity index (χ1) is 10.1. The summed E-state index contributed by atoms with van der Waals surface area (Å²) in [5, 5.41) is 5.94. The predicted molar refractivity (Wildman–Crippen MR) is 86.6 cm³/mol. The molecule has 0 aromatic heterocycles. The molecule has 21 heavy (non-hydrogen) atoms. The topological polar surface area (TPSA) is 50.4 Å². The van der Waals surface area contributed by atoms with E-state index in [2.05, 4.69) is 33.5 Å². The van der Waals surface area contributed by atoms with Crippen LogP contribution in [0.4, 0.5) is 5.69 Å². The third kappa shape index (κ3) is 2.94. The average Bonchev–Trinajstić information content (AvgIpc) is 2.76. The maximum Gasteiger partial charge on any atom is 0.246 e. The van der Waals surface area contributed by atoms with Gasteiger partial charge in [0.25, 0.3) is 0 Å². The molecule has 0 bridgehead atoms. The maximum absolute atomic E-state index is 11.9. The maximum atomic E-state index is 11.9. The van der Waals surface area contributed by atoms with Crippen LogP contribution in [-0.2, 0) is 4.79 Å². The Hall–Kier alpha value is -1.07. The number of halogens is 1. The molecule has 1 fully saturated rings. The number of ether oxygens (including phenoxy) is 1. The second kappa shape index (κ2) is 5.97. The van der Waals surface area contributed by atoms with Crippen LogP contribution in [-0.4, -0.2) is 19.1 Å². The number of amides is 1. The Morgan fingerprint density at radius 3 is 2.67 bits per heavy atom. The molecule has 4 nitrogen and oxygen atoms in total. The predicted octanol–water partition coefficient (Wildman–Crippen LogP) is 3.62.